The second kappa shape index (κ2) is 5.72. The van der Waals surface area contributed by atoms with Crippen LogP contribution in [-0.4, -0.2) is 30.6 Å². The summed E-state index contributed by atoms with van der Waals surface area (Å²) in [5.41, 5.74) is 5.78. The summed E-state index contributed by atoms with van der Waals surface area (Å²) in [5, 5.41) is 0. The maximum atomic E-state index is 5.78. The first-order chi connectivity index (χ1) is 6.61. The molecule has 1 rings (SSSR count). The Hall–Kier alpha value is -0.0800. The lowest BCUT2D eigenvalue weighted by Crippen LogP contribution is -2.40. The van der Waals surface area contributed by atoms with Crippen LogP contribution >= 0.6 is 0 Å². The van der Waals surface area contributed by atoms with Gasteiger partial charge in [0, 0.05) is 12.1 Å². The fourth-order valence-corrected chi connectivity index (χ4v) is 2.52. The quantitative estimate of drug-likeness (QED) is 0.750. The Balaban J connectivity index is 2.30. The maximum absolute atomic E-state index is 5.78. The highest BCUT2D eigenvalue weighted by Gasteiger charge is 2.24. The minimum absolute atomic E-state index is 0.344. The van der Waals surface area contributed by atoms with Gasteiger partial charge in [0.1, 0.15) is 0 Å². The molecule has 1 saturated carbocycles. The van der Waals surface area contributed by atoms with Gasteiger partial charge in [-0.2, -0.15) is 0 Å². The molecule has 0 radical (unpaired) electrons. The van der Waals surface area contributed by atoms with E-state index in [0.29, 0.717) is 6.04 Å². The van der Waals surface area contributed by atoms with Crippen molar-refractivity contribution in [3.63, 3.8) is 0 Å². The third-order valence-corrected chi connectivity index (χ3v) is 3.57. The van der Waals surface area contributed by atoms with Crippen molar-refractivity contribution in [1.29, 1.82) is 0 Å². The molecule has 2 N–H and O–H groups in total. The van der Waals surface area contributed by atoms with E-state index in [9.17, 15) is 0 Å². The Labute approximate surface area is 88.8 Å². The van der Waals surface area contributed by atoms with E-state index in [1.807, 2.05) is 0 Å². The van der Waals surface area contributed by atoms with Crippen LogP contribution in [0.15, 0.2) is 0 Å². The van der Waals surface area contributed by atoms with Crippen LogP contribution in [0.5, 0.6) is 0 Å². The number of rotatable bonds is 4. The Kier molecular flexibility index (Phi) is 4.90. The van der Waals surface area contributed by atoms with Crippen molar-refractivity contribution in [2.75, 3.05) is 13.6 Å². The van der Waals surface area contributed by atoms with E-state index in [1.54, 1.807) is 0 Å². The summed E-state index contributed by atoms with van der Waals surface area (Å²) >= 11 is 0. The molecule has 3 unspecified atom stereocenters. The summed E-state index contributed by atoms with van der Waals surface area (Å²) in [4.78, 5) is 2.52. The second-order valence-electron chi connectivity index (χ2n) is 5.08. The molecule has 1 aliphatic rings. The lowest BCUT2D eigenvalue weighted by atomic mass is 9.85. The third-order valence-electron chi connectivity index (χ3n) is 3.57. The fraction of sp³-hybridized carbons (Fsp3) is 1.00. The van der Waals surface area contributed by atoms with E-state index in [2.05, 4.69) is 25.8 Å². The van der Waals surface area contributed by atoms with Gasteiger partial charge in [-0.05, 0) is 45.7 Å². The zero-order valence-electron chi connectivity index (χ0n) is 10.00. The lowest BCUT2D eigenvalue weighted by molar-refractivity contribution is 0.136. The summed E-state index contributed by atoms with van der Waals surface area (Å²) in [7, 11) is 2.26. The van der Waals surface area contributed by atoms with Crippen LogP contribution in [-0.2, 0) is 0 Å². The van der Waals surface area contributed by atoms with Crippen LogP contribution in [0.3, 0.4) is 0 Å². The van der Waals surface area contributed by atoms with Crippen molar-refractivity contribution >= 4 is 0 Å². The van der Waals surface area contributed by atoms with Crippen molar-refractivity contribution in [3.05, 3.63) is 0 Å². The van der Waals surface area contributed by atoms with E-state index in [0.717, 1.165) is 24.9 Å². The van der Waals surface area contributed by atoms with Crippen LogP contribution in [0.4, 0.5) is 0 Å². The zero-order chi connectivity index (χ0) is 10.6. The van der Waals surface area contributed by atoms with Gasteiger partial charge in [-0.25, -0.2) is 0 Å². The van der Waals surface area contributed by atoms with E-state index >= 15 is 0 Å². The SMILES string of the molecule is CC(N)CCN(C)C1CCCCC1C. The molecule has 0 saturated heterocycles. The van der Waals surface area contributed by atoms with Crippen molar-refractivity contribution in [2.24, 2.45) is 11.7 Å². The molecule has 0 aromatic carbocycles. The predicted molar refractivity (Wildman–Crippen MR) is 62.3 cm³/mol. The minimum atomic E-state index is 0.344. The Morgan fingerprint density at radius 1 is 1.36 bits per heavy atom. The monoisotopic (exact) mass is 198 g/mol. The van der Waals surface area contributed by atoms with E-state index in [1.165, 1.54) is 25.7 Å². The second-order valence-corrected chi connectivity index (χ2v) is 5.08. The lowest BCUT2D eigenvalue weighted by Gasteiger charge is -2.36. The van der Waals surface area contributed by atoms with Gasteiger partial charge >= 0.3 is 0 Å². The molecule has 0 bridgehead atoms. The Morgan fingerprint density at radius 2 is 2.00 bits per heavy atom. The first-order valence-electron chi connectivity index (χ1n) is 6.07. The normalized spacial score (nSPS) is 30.6. The topological polar surface area (TPSA) is 29.3 Å². The van der Waals surface area contributed by atoms with Crippen LogP contribution in [0.2, 0.25) is 0 Å². The van der Waals surface area contributed by atoms with Gasteiger partial charge in [-0.1, -0.05) is 19.8 Å². The maximum Gasteiger partial charge on any atom is 0.0118 e. The molecule has 3 atom stereocenters. The highest BCUT2D eigenvalue weighted by Crippen LogP contribution is 2.27. The minimum Gasteiger partial charge on any atom is -0.328 e. The first kappa shape index (κ1) is 12.0. The average Bonchev–Trinajstić information content (AvgIpc) is 2.15. The summed E-state index contributed by atoms with van der Waals surface area (Å²) < 4.78 is 0. The molecule has 14 heavy (non-hydrogen) atoms. The largest absolute Gasteiger partial charge is 0.328 e. The smallest absolute Gasteiger partial charge is 0.0118 e. The molecule has 1 fully saturated rings. The van der Waals surface area contributed by atoms with Crippen LogP contribution in [0.1, 0.15) is 46.0 Å². The van der Waals surface area contributed by atoms with Gasteiger partial charge in [-0.15, -0.1) is 0 Å². The van der Waals surface area contributed by atoms with E-state index in [-0.39, 0.29) is 0 Å². The number of nitrogens with two attached hydrogens (primary N) is 1. The average molecular weight is 198 g/mol. The molecule has 84 valence electrons. The predicted octanol–water partition coefficient (Wildman–Crippen LogP) is 2.23. The number of hydrogen-bond donors (Lipinski definition) is 1. The molecular formula is C12H26N2. The van der Waals surface area contributed by atoms with E-state index in [4.69, 9.17) is 5.73 Å². The fourth-order valence-electron chi connectivity index (χ4n) is 2.52. The molecule has 0 heterocycles. The van der Waals surface area contributed by atoms with Gasteiger partial charge in [-0.3, -0.25) is 0 Å². The Bertz CT molecular complexity index is 156. The van der Waals surface area contributed by atoms with E-state index < -0.39 is 0 Å². The molecule has 0 aromatic heterocycles. The van der Waals surface area contributed by atoms with Crippen LogP contribution in [0, 0.1) is 5.92 Å². The van der Waals surface area contributed by atoms with Crippen LogP contribution in [0.25, 0.3) is 0 Å². The highest BCUT2D eigenvalue weighted by molar-refractivity contribution is 4.79. The molecule has 2 nitrogen and oxygen atoms in total. The van der Waals surface area contributed by atoms with Crippen molar-refractivity contribution < 1.29 is 0 Å². The molecule has 0 aromatic rings. The molecular weight excluding hydrogens is 172 g/mol. The molecule has 0 spiro atoms. The zero-order valence-corrected chi connectivity index (χ0v) is 10.00. The number of nitrogens with zero attached hydrogens (tertiary/aromatic N) is 1. The van der Waals surface area contributed by atoms with Crippen molar-refractivity contribution in [1.82, 2.24) is 4.90 Å². The summed E-state index contributed by atoms with van der Waals surface area (Å²) in [6, 6.07) is 1.15. The summed E-state index contributed by atoms with van der Waals surface area (Å²) in [6.07, 6.45) is 6.76. The standard InChI is InChI=1S/C12H26N2/c1-10-6-4-5-7-12(10)14(3)9-8-11(2)13/h10-12H,4-9,13H2,1-3H3. The van der Waals surface area contributed by atoms with Crippen LogP contribution < -0.4 is 5.73 Å². The van der Waals surface area contributed by atoms with Gasteiger partial charge in [0.15, 0.2) is 0 Å². The van der Waals surface area contributed by atoms with Crippen molar-refractivity contribution in [3.8, 4) is 0 Å². The van der Waals surface area contributed by atoms with Gasteiger partial charge in [0.05, 0.1) is 0 Å². The van der Waals surface area contributed by atoms with Crippen molar-refractivity contribution in [2.45, 2.75) is 58.0 Å². The number of hydrogen-bond acceptors (Lipinski definition) is 2. The molecule has 0 aliphatic heterocycles. The summed E-state index contributed by atoms with van der Waals surface area (Å²) in [6.45, 7) is 5.65. The molecule has 2 heteroatoms. The first-order valence-corrected chi connectivity index (χ1v) is 6.07. The van der Waals surface area contributed by atoms with Gasteiger partial charge < -0.3 is 10.6 Å². The molecule has 0 amide bonds. The third kappa shape index (κ3) is 3.58. The molecule has 1 aliphatic carbocycles. The van der Waals surface area contributed by atoms with Gasteiger partial charge in [0.2, 0.25) is 0 Å². The van der Waals surface area contributed by atoms with Gasteiger partial charge in [0.25, 0.3) is 0 Å². The highest BCUT2D eigenvalue weighted by atomic mass is 15.1. The summed E-state index contributed by atoms with van der Waals surface area (Å²) in [5.74, 6) is 0.877. The Morgan fingerprint density at radius 3 is 2.57 bits per heavy atom.